The highest BCUT2D eigenvalue weighted by atomic mass is 79.9. The maximum Gasteiger partial charge on any atom is 0.344 e. The van der Waals surface area contributed by atoms with Crippen molar-refractivity contribution in [2.45, 2.75) is 6.92 Å². The number of hydrogen-bond donors (Lipinski definition) is 2. The molecule has 0 atom stereocenters. The van der Waals surface area contributed by atoms with Gasteiger partial charge in [-0.1, -0.05) is 36.4 Å². The van der Waals surface area contributed by atoms with Crippen molar-refractivity contribution in [3.8, 4) is 11.5 Å². The molecule has 0 aromatic heterocycles. The number of esters is 1. The van der Waals surface area contributed by atoms with Gasteiger partial charge in [-0.3, -0.25) is 9.59 Å². The van der Waals surface area contributed by atoms with Crippen LogP contribution in [0.4, 0.5) is 5.69 Å². The summed E-state index contributed by atoms with van der Waals surface area (Å²) < 4.78 is 11.5. The van der Waals surface area contributed by atoms with Gasteiger partial charge in [0.2, 0.25) is 0 Å². The summed E-state index contributed by atoms with van der Waals surface area (Å²) in [6.07, 6.45) is 1.28. The lowest BCUT2D eigenvalue weighted by Gasteiger charge is -2.10. The lowest BCUT2D eigenvalue weighted by Crippen LogP contribution is -2.32. The fourth-order valence-electron chi connectivity index (χ4n) is 2.70. The quantitative estimate of drug-likeness (QED) is 0.163. The minimum atomic E-state index is -0.972. The summed E-state index contributed by atoms with van der Waals surface area (Å²) in [5.41, 5.74) is 3.32. The van der Waals surface area contributed by atoms with Gasteiger partial charge in [-0.15, -0.1) is 0 Å². The van der Waals surface area contributed by atoms with E-state index in [1.165, 1.54) is 6.21 Å². The van der Waals surface area contributed by atoms with Crippen molar-refractivity contribution in [2.24, 2.45) is 5.10 Å². The van der Waals surface area contributed by atoms with Crippen molar-refractivity contribution in [1.29, 1.82) is 0 Å². The molecule has 168 valence electrons. The molecule has 33 heavy (non-hydrogen) atoms. The number of hydrazone groups is 1. The molecule has 2 N–H and O–H groups in total. The Morgan fingerprint density at radius 2 is 1.58 bits per heavy atom. The van der Waals surface area contributed by atoms with Gasteiger partial charge in [0, 0.05) is 10.0 Å². The number of rotatable bonds is 7. The number of benzene rings is 3. The monoisotopic (exact) mass is 509 g/mol. The van der Waals surface area contributed by atoms with Crippen LogP contribution in [0.15, 0.2) is 82.4 Å². The van der Waals surface area contributed by atoms with Gasteiger partial charge in [-0.2, -0.15) is 5.10 Å². The van der Waals surface area contributed by atoms with Crippen LogP contribution < -0.4 is 20.2 Å². The highest BCUT2D eigenvalue weighted by molar-refractivity contribution is 9.10. The molecule has 0 radical (unpaired) electrons. The highest BCUT2D eigenvalue weighted by Gasteiger charge is 2.16. The van der Waals surface area contributed by atoms with Gasteiger partial charge < -0.3 is 14.8 Å². The third-order valence-electron chi connectivity index (χ3n) is 4.23. The molecular formula is C24H20BrN3O5. The molecule has 0 aliphatic carbocycles. The van der Waals surface area contributed by atoms with E-state index >= 15 is 0 Å². The number of anilines is 1. The van der Waals surface area contributed by atoms with E-state index in [1.807, 2.05) is 6.92 Å². The molecule has 0 spiro atoms. The average Bonchev–Trinajstić information content (AvgIpc) is 2.81. The molecule has 8 nitrogen and oxygen atoms in total. The third-order valence-corrected chi connectivity index (χ3v) is 4.92. The normalized spacial score (nSPS) is 10.5. The lowest BCUT2D eigenvalue weighted by molar-refractivity contribution is -0.136. The van der Waals surface area contributed by atoms with Gasteiger partial charge in [-0.25, -0.2) is 10.2 Å². The molecule has 2 amide bonds. The zero-order valence-corrected chi connectivity index (χ0v) is 19.2. The van der Waals surface area contributed by atoms with Crippen molar-refractivity contribution in [1.82, 2.24) is 5.43 Å². The van der Waals surface area contributed by atoms with Gasteiger partial charge in [0.15, 0.2) is 0 Å². The summed E-state index contributed by atoms with van der Waals surface area (Å²) in [6, 6.07) is 20.3. The van der Waals surface area contributed by atoms with Gasteiger partial charge in [-0.05, 0) is 59.3 Å². The van der Waals surface area contributed by atoms with Crippen molar-refractivity contribution < 1.29 is 23.9 Å². The van der Waals surface area contributed by atoms with E-state index < -0.39 is 17.8 Å². The summed E-state index contributed by atoms with van der Waals surface area (Å²) in [4.78, 5) is 36.8. The standard InChI is InChI=1S/C24H20BrN3O5/c1-2-32-21-14-8-6-12-19(21)27-22(29)23(30)28-26-15-16-9-3-7-13-20(16)33-24(31)17-10-4-5-11-18(17)25/h3-15H,2H2,1H3,(H,27,29)(H,28,30)/b26-15+. The summed E-state index contributed by atoms with van der Waals surface area (Å²) >= 11 is 3.32. The van der Waals surface area contributed by atoms with Crippen molar-refractivity contribution in [2.75, 3.05) is 11.9 Å². The molecule has 3 rings (SSSR count). The zero-order valence-electron chi connectivity index (χ0n) is 17.6. The average molecular weight is 510 g/mol. The Labute approximate surface area is 198 Å². The van der Waals surface area contributed by atoms with E-state index in [0.29, 0.717) is 33.6 Å². The molecule has 0 fully saturated rings. The molecule has 0 saturated heterocycles. The molecule has 9 heteroatoms. The van der Waals surface area contributed by atoms with Crippen LogP contribution in [-0.4, -0.2) is 30.6 Å². The molecule has 0 bridgehead atoms. The molecule has 0 saturated carbocycles. The summed E-state index contributed by atoms with van der Waals surface area (Å²) in [5.74, 6) is -1.75. The van der Waals surface area contributed by atoms with E-state index in [-0.39, 0.29) is 5.75 Å². The minimum absolute atomic E-state index is 0.242. The maximum atomic E-state index is 12.5. The predicted molar refractivity (Wildman–Crippen MR) is 128 cm³/mol. The van der Waals surface area contributed by atoms with E-state index in [1.54, 1.807) is 72.8 Å². The first-order valence-electron chi connectivity index (χ1n) is 9.91. The van der Waals surface area contributed by atoms with Crippen LogP contribution >= 0.6 is 15.9 Å². The number of nitrogens with one attached hydrogen (secondary N) is 2. The maximum absolute atomic E-state index is 12.5. The Balaban J connectivity index is 1.64. The van der Waals surface area contributed by atoms with Crippen molar-refractivity contribution >= 4 is 45.6 Å². The second kappa shape index (κ2) is 11.6. The third kappa shape index (κ3) is 6.50. The summed E-state index contributed by atoms with van der Waals surface area (Å²) in [6.45, 7) is 2.22. The van der Waals surface area contributed by atoms with E-state index in [2.05, 4.69) is 31.8 Å². The van der Waals surface area contributed by atoms with Crippen LogP contribution in [-0.2, 0) is 9.59 Å². The fraction of sp³-hybridized carbons (Fsp3) is 0.0833. The van der Waals surface area contributed by atoms with E-state index in [9.17, 15) is 14.4 Å². The van der Waals surface area contributed by atoms with Gasteiger partial charge in [0.1, 0.15) is 11.5 Å². The van der Waals surface area contributed by atoms with Crippen LogP contribution in [0.5, 0.6) is 11.5 Å². The number of amides is 2. The molecule has 0 aliphatic rings. The molecule has 3 aromatic rings. The van der Waals surface area contributed by atoms with Crippen molar-refractivity contribution in [3.05, 3.63) is 88.4 Å². The van der Waals surface area contributed by atoms with Crippen LogP contribution in [0.25, 0.3) is 0 Å². The fourth-order valence-corrected chi connectivity index (χ4v) is 3.15. The van der Waals surface area contributed by atoms with Crippen LogP contribution in [0.3, 0.4) is 0 Å². The molecule has 3 aromatic carbocycles. The summed E-state index contributed by atoms with van der Waals surface area (Å²) in [5, 5.41) is 6.29. The topological polar surface area (TPSA) is 106 Å². The zero-order chi connectivity index (χ0) is 23.6. The number of hydrogen-bond acceptors (Lipinski definition) is 6. The Morgan fingerprint density at radius 3 is 2.33 bits per heavy atom. The smallest absolute Gasteiger partial charge is 0.344 e. The number of para-hydroxylation sites is 3. The molecule has 0 unspecified atom stereocenters. The SMILES string of the molecule is CCOc1ccccc1NC(=O)C(=O)N/N=C/c1ccccc1OC(=O)c1ccccc1Br. The Hall–Kier alpha value is -3.98. The van der Waals surface area contributed by atoms with Gasteiger partial charge in [0.05, 0.1) is 24.1 Å². The largest absolute Gasteiger partial charge is 0.492 e. The first-order chi connectivity index (χ1) is 16.0. The minimum Gasteiger partial charge on any atom is -0.492 e. The van der Waals surface area contributed by atoms with Crippen LogP contribution in [0, 0.1) is 0 Å². The Kier molecular flexibility index (Phi) is 8.31. The molecule has 0 aliphatic heterocycles. The lowest BCUT2D eigenvalue weighted by atomic mass is 10.2. The van der Waals surface area contributed by atoms with Crippen LogP contribution in [0.2, 0.25) is 0 Å². The van der Waals surface area contributed by atoms with Crippen LogP contribution in [0.1, 0.15) is 22.8 Å². The predicted octanol–water partition coefficient (Wildman–Crippen LogP) is 4.16. The number of nitrogens with zero attached hydrogens (tertiary/aromatic N) is 1. The van der Waals surface area contributed by atoms with Crippen molar-refractivity contribution in [3.63, 3.8) is 0 Å². The number of ether oxygens (including phenoxy) is 2. The molecule has 0 heterocycles. The number of carbonyl (C=O) groups excluding carboxylic acids is 3. The highest BCUT2D eigenvalue weighted by Crippen LogP contribution is 2.24. The van der Waals surface area contributed by atoms with Gasteiger partial charge >= 0.3 is 17.8 Å². The second-order valence-corrected chi connectivity index (χ2v) is 7.34. The molecular weight excluding hydrogens is 490 g/mol. The second-order valence-electron chi connectivity index (χ2n) is 6.49. The summed E-state index contributed by atoms with van der Waals surface area (Å²) in [7, 11) is 0. The number of halogens is 1. The van der Waals surface area contributed by atoms with Gasteiger partial charge in [0.25, 0.3) is 0 Å². The Bertz CT molecular complexity index is 1200. The Morgan fingerprint density at radius 1 is 0.909 bits per heavy atom. The first-order valence-corrected chi connectivity index (χ1v) is 10.7. The number of carbonyl (C=O) groups is 3. The van der Waals surface area contributed by atoms with E-state index in [4.69, 9.17) is 9.47 Å². The van der Waals surface area contributed by atoms with E-state index in [0.717, 1.165) is 0 Å². The first kappa shape index (κ1) is 23.7.